The van der Waals surface area contributed by atoms with E-state index >= 15 is 0 Å². The van der Waals surface area contributed by atoms with E-state index < -0.39 is 9.84 Å². The third-order valence-electron chi connectivity index (χ3n) is 2.88. The fourth-order valence-corrected chi connectivity index (χ4v) is 2.75. The molecule has 0 rings (SSSR count). The smallest absolute Gasteiger partial charge is 0.147 e. The number of sulfone groups is 1. The summed E-state index contributed by atoms with van der Waals surface area (Å²) >= 11 is 0. The SMILES string of the molecule is CCCC(CCC)C(O)CCCS(C)(=O)=O. The summed E-state index contributed by atoms with van der Waals surface area (Å²) in [5.41, 5.74) is 0. The molecule has 1 atom stereocenters. The first-order valence-electron chi connectivity index (χ1n) is 6.26. The van der Waals surface area contributed by atoms with Gasteiger partial charge in [-0.2, -0.15) is 0 Å². The first kappa shape index (κ1) is 15.9. The average Bonchev–Trinajstić information content (AvgIpc) is 2.15. The second kappa shape index (κ2) is 8.07. The van der Waals surface area contributed by atoms with Gasteiger partial charge in [0, 0.05) is 12.0 Å². The van der Waals surface area contributed by atoms with Gasteiger partial charge in [-0.15, -0.1) is 0 Å². The molecule has 3 nitrogen and oxygen atoms in total. The summed E-state index contributed by atoms with van der Waals surface area (Å²) in [5.74, 6) is 0.532. The van der Waals surface area contributed by atoms with Gasteiger partial charge in [0.15, 0.2) is 0 Å². The molecule has 0 radical (unpaired) electrons. The molecule has 4 heteroatoms. The first-order valence-corrected chi connectivity index (χ1v) is 8.32. The molecular weight excluding hydrogens is 224 g/mol. The normalized spacial score (nSPS) is 14.3. The van der Waals surface area contributed by atoms with Crippen molar-refractivity contribution < 1.29 is 13.5 Å². The fraction of sp³-hybridized carbons (Fsp3) is 1.00. The molecule has 0 aliphatic rings. The second-order valence-corrected chi connectivity index (χ2v) is 6.94. The third-order valence-corrected chi connectivity index (χ3v) is 3.91. The van der Waals surface area contributed by atoms with Gasteiger partial charge in [0.1, 0.15) is 9.84 Å². The Bertz CT molecular complexity index is 253. The minimum atomic E-state index is -2.88. The van der Waals surface area contributed by atoms with Crippen molar-refractivity contribution >= 4 is 9.84 Å². The van der Waals surface area contributed by atoms with Crippen molar-refractivity contribution in [3.63, 3.8) is 0 Å². The lowest BCUT2D eigenvalue weighted by Crippen LogP contribution is -2.21. The molecule has 0 saturated carbocycles. The number of aliphatic hydroxyl groups is 1. The molecule has 0 heterocycles. The molecule has 0 amide bonds. The molecular formula is C12H26O3S. The predicted octanol–water partition coefficient (Wildman–Crippen LogP) is 2.39. The van der Waals surface area contributed by atoms with Crippen molar-refractivity contribution in [2.45, 2.75) is 58.5 Å². The molecule has 0 aromatic rings. The zero-order chi connectivity index (χ0) is 12.6. The van der Waals surface area contributed by atoms with Gasteiger partial charge in [-0.3, -0.25) is 0 Å². The highest BCUT2D eigenvalue weighted by Gasteiger charge is 2.17. The Kier molecular flexibility index (Phi) is 8.02. The summed E-state index contributed by atoms with van der Waals surface area (Å²) in [6, 6.07) is 0. The van der Waals surface area contributed by atoms with Gasteiger partial charge < -0.3 is 5.11 Å². The summed E-state index contributed by atoms with van der Waals surface area (Å²) in [6.45, 7) is 4.23. The number of aliphatic hydroxyl groups excluding tert-OH is 1. The van der Waals surface area contributed by atoms with E-state index in [1.165, 1.54) is 6.26 Å². The molecule has 0 bridgehead atoms. The van der Waals surface area contributed by atoms with Crippen LogP contribution in [0.5, 0.6) is 0 Å². The van der Waals surface area contributed by atoms with E-state index in [-0.39, 0.29) is 11.9 Å². The zero-order valence-electron chi connectivity index (χ0n) is 10.8. The van der Waals surface area contributed by atoms with Crippen LogP contribution >= 0.6 is 0 Å². The molecule has 16 heavy (non-hydrogen) atoms. The third kappa shape index (κ3) is 8.11. The van der Waals surface area contributed by atoms with Crippen LogP contribution in [-0.4, -0.2) is 31.6 Å². The molecule has 1 unspecified atom stereocenters. The molecule has 98 valence electrons. The van der Waals surface area contributed by atoms with Crippen LogP contribution in [0.25, 0.3) is 0 Å². The number of hydrogen-bond acceptors (Lipinski definition) is 3. The van der Waals surface area contributed by atoms with E-state index in [0.29, 0.717) is 18.8 Å². The maximum absolute atomic E-state index is 11.0. The minimum Gasteiger partial charge on any atom is -0.393 e. The molecule has 0 aromatic carbocycles. The van der Waals surface area contributed by atoms with Crippen LogP contribution < -0.4 is 0 Å². The summed E-state index contributed by atoms with van der Waals surface area (Å²) in [5, 5.41) is 9.97. The molecule has 0 saturated heterocycles. The summed E-state index contributed by atoms with van der Waals surface area (Å²) in [7, 11) is -2.88. The van der Waals surface area contributed by atoms with Crippen molar-refractivity contribution in [2.24, 2.45) is 5.92 Å². The lowest BCUT2D eigenvalue weighted by molar-refractivity contribution is 0.0875. The van der Waals surface area contributed by atoms with Crippen LogP contribution in [0.2, 0.25) is 0 Å². The standard InChI is InChI=1S/C12H26O3S/c1-4-7-11(8-5-2)12(13)9-6-10-16(3,14)15/h11-13H,4-10H2,1-3H3. The maximum atomic E-state index is 11.0. The van der Waals surface area contributed by atoms with Gasteiger partial charge in [-0.05, 0) is 31.6 Å². The van der Waals surface area contributed by atoms with Crippen molar-refractivity contribution in [3.05, 3.63) is 0 Å². The van der Waals surface area contributed by atoms with Crippen molar-refractivity contribution in [3.8, 4) is 0 Å². The lowest BCUT2D eigenvalue weighted by atomic mass is 9.90. The van der Waals surface area contributed by atoms with E-state index in [1.807, 2.05) is 0 Å². The second-order valence-electron chi connectivity index (χ2n) is 4.68. The quantitative estimate of drug-likeness (QED) is 0.683. The molecule has 0 spiro atoms. The van der Waals surface area contributed by atoms with E-state index in [1.54, 1.807) is 0 Å². The van der Waals surface area contributed by atoms with Crippen molar-refractivity contribution in [2.75, 3.05) is 12.0 Å². The molecule has 0 fully saturated rings. The highest BCUT2D eigenvalue weighted by Crippen LogP contribution is 2.21. The Morgan fingerprint density at radius 1 is 1.06 bits per heavy atom. The number of hydrogen-bond donors (Lipinski definition) is 1. The maximum Gasteiger partial charge on any atom is 0.147 e. The Morgan fingerprint density at radius 2 is 1.56 bits per heavy atom. The van der Waals surface area contributed by atoms with E-state index in [0.717, 1.165) is 25.7 Å². The van der Waals surface area contributed by atoms with Crippen LogP contribution in [0, 0.1) is 5.92 Å². The predicted molar refractivity (Wildman–Crippen MR) is 68.3 cm³/mol. The monoisotopic (exact) mass is 250 g/mol. The first-order chi connectivity index (χ1) is 7.40. The van der Waals surface area contributed by atoms with Crippen molar-refractivity contribution in [1.82, 2.24) is 0 Å². The van der Waals surface area contributed by atoms with E-state index in [4.69, 9.17) is 0 Å². The Hall–Kier alpha value is -0.0900. The Balaban J connectivity index is 3.95. The molecule has 0 aliphatic heterocycles. The van der Waals surface area contributed by atoms with Gasteiger partial charge in [-0.25, -0.2) is 8.42 Å². The van der Waals surface area contributed by atoms with Gasteiger partial charge >= 0.3 is 0 Å². The van der Waals surface area contributed by atoms with Crippen LogP contribution in [-0.2, 0) is 9.84 Å². The van der Waals surface area contributed by atoms with Gasteiger partial charge in [0.2, 0.25) is 0 Å². The van der Waals surface area contributed by atoms with Crippen LogP contribution in [0.15, 0.2) is 0 Å². The zero-order valence-corrected chi connectivity index (χ0v) is 11.6. The molecule has 0 aromatic heterocycles. The van der Waals surface area contributed by atoms with Gasteiger partial charge in [-0.1, -0.05) is 26.7 Å². The minimum absolute atomic E-state index is 0.190. The molecule has 0 aliphatic carbocycles. The van der Waals surface area contributed by atoms with Gasteiger partial charge in [0.25, 0.3) is 0 Å². The highest BCUT2D eigenvalue weighted by molar-refractivity contribution is 7.90. The van der Waals surface area contributed by atoms with Crippen LogP contribution in [0.1, 0.15) is 52.4 Å². The summed E-state index contributed by atoms with van der Waals surface area (Å²) in [6.07, 6.45) is 6.32. The van der Waals surface area contributed by atoms with Crippen LogP contribution in [0.4, 0.5) is 0 Å². The summed E-state index contributed by atoms with van der Waals surface area (Å²) < 4.78 is 21.9. The lowest BCUT2D eigenvalue weighted by Gasteiger charge is -2.21. The average molecular weight is 250 g/mol. The van der Waals surface area contributed by atoms with Crippen LogP contribution in [0.3, 0.4) is 0 Å². The van der Waals surface area contributed by atoms with E-state index in [2.05, 4.69) is 13.8 Å². The summed E-state index contributed by atoms with van der Waals surface area (Å²) in [4.78, 5) is 0. The Labute approximate surface area is 100 Å². The highest BCUT2D eigenvalue weighted by atomic mass is 32.2. The van der Waals surface area contributed by atoms with E-state index in [9.17, 15) is 13.5 Å². The largest absolute Gasteiger partial charge is 0.393 e. The molecule has 1 N–H and O–H groups in total. The van der Waals surface area contributed by atoms with Crippen molar-refractivity contribution in [1.29, 1.82) is 0 Å². The van der Waals surface area contributed by atoms with Gasteiger partial charge in [0.05, 0.1) is 6.10 Å². The fourth-order valence-electron chi connectivity index (χ4n) is 2.06. The topological polar surface area (TPSA) is 54.4 Å². The Morgan fingerprint density at radius 3 is 1.94 bits per heavy atom. The number of rotatable bonds is 9.